The van der Waals surface area contributed by atoms with Crippen LogP contribution in [-0.4, -0.2) is 60.1 Å². The van der Waals surface area contributed by atoms with Crippen LogP contribution >= 0.6 is 0 Å². The number of amides is 1. The smallest absolute Gasteiger partial charge is 0.274 e. The molecule has 1 aromatic heterocycles. The summed E-state index contributed by atoms with van der Waals surface area (Å²) in [5, 5.41) is 11.1. The first-order chi connectivity index (χ1) is 11.0. The van der Waals surface area contributed by atoms with Crippen LogP contribution in [0, 0.1) is 0 Å². The van der Waals surface area contributed by atoms with Gasteiger partial charge < -0.3 is 10.2 Å². The Morgan fingerprint density at radius 2 is 1.87 bits per heavy atom. The molecule has 0 aliphatic carbocycles. The highest BCUT2D eigenvalue weighted by atomic mass is 32.2. The van der Waals surface area contributed by atoms with Crippen molar-refractivity contribution in [3.8, 4) is 0 Å². The van der Waals surface area contributed by atoms with Crippen LogP contribution in [0.3, 0.4) is 0 Å². The summed E-state index contributed by atoms with van der Waals surface area (Å²) >= 11 is 0. The molecule has 0 saturated carbocycles. The van der Waals surface area contributed by atoms with E-state index in [9.17, 15) is 13.2 Å². The van der Waals surface area contributed by atoms with Gasteiger partial charge in [0.15, 0.2) is 15.5 Å². The highest BCUT2D eigenvalue weighted by Gasteiger charge is 2.28. The molecule has 23 heavy (non-hydrogen) atoms. The highest BCUT2D eigenvalue weighted by molar-refractivity contribution is 7.91. The van der Waals surface area contributed by atoms with Crippen LogP contribution in [0.2, 0.25) is 0 Å². The predicted octanol–water partition coefficient (Wildman–Crippen LogP) is 1.09. The average molecular weight is 338 g/mol. The molecular weight excluding hydrogens is 316 g/mol. The molecule has 0 bridgehead atoms. The van der Waals surface area contributed by atoms with Crippen LogP contribution in [0.1, 0.15) is 42.6 Å². The normalized spacial score (nSPS) is 24.2. The summed E-state index contributed by atoms with van der Waals surface area (Å²) in [6.07, 6.45) is 4.99. The number of hydrogen-bond donors (Lipinski definition) is 1. The number of carbonyl (C=O) groups excluding carboxylic acids is 1. The van der Waals surface area contributed by atoms with E-state index in [1.54, 1.807) is 12.1 Å². The van der Waals surface area contributed by atoms with E-state index in [2.05, 4.69) is 15.5 Å². The Morgan fingerprint density at radius 3 is 2.43 bits per heavy atom. The van der Waals surface area contributed by atoms with Gasteiger partial charge in [0, 0.05) is 19.1 Å². The van der Waals surface area contributed by atoms with Crippen LogP contribution in [0.4, 0.5) is 5.82 Å². The highest BCUT2D eigenvalue weighted by Crippen LogP contribution is 2.16. The number of nitrogens with one attached hydrogen (secondary N) is 1. The molecule has 2 aliphatic heterocycles. The Morgan fingerprint density at radius 1 is 1.13 bits per heavy atom. The maximum absolute atomic E-state index is 12.4. The number of anilines is 1. The fraction of sp³-hybridized carbons (Fsp3) is 0.667. The molecule has 126 valence electrons. The zero-order valence-electron chi connectivity index (χ0n) is 13.1. The van der Waals surface area contributed by atoms with E-state index in [4.69, 9.17) is 0 Å². The molecule has 1 amide bonds. The van der Waals surface area contributed by atoms with Gasteiger partial charge in [-0.05, 0) is 31.4 Å². The minimum Gasteiger partial charge on any atom is -0.365 e. The number of sulfone groups is 1. The minimum absolute atomic E-state index is 0.0746. The van der Waals surface area contributed by atoms with Gasteiger partial charge in [0.25, 0.3) is 5.91 Å². The standard InChI is InChI=1S/C15H22N4O3S/c20-15(19-8-3-1-2-4-9-19)13-5-6-14(18-17-13)16-12-7-10-23(21,22)11-12/h5-6,12H,1-4,7-11H2,(H,16,18). The van der Waals surface area contributed by atoms with E-state index in [0.29, 0.717) is 17.9 Å². The van der Waals surface area contributed by atoms with Gasteiger partial charge in [-0.25, -0.2) is 8.42 Å². The molecule has 3 heterocycles. The van der Waals surface area contributed by atoms with Crippen molar-refractivity contribution in [2.75, 3.05) is 29.9 Å². The molecule has 1 aromatic rings. The van der Waals surface area contributed by atoms with E-state index >= 15 is 0 Å². The Bertz CT molecular complexity index is 652. The molecule has 3 rings (SSSR count). The zero-order chi connectivity index (χ0) is 16.3. The quantitative estimate of drug-likeness (QED) is 0.887. The molecule has 1 N–H and O–H groups in total. The third kappa shape index (κ3) is 4.19. The third-order valence-electron chi connectivity index (χ3n) is 4.36. The first-order valence-electron chi connectivity index (χ1n) is 8.13. The molecule has 2 fully saturated rings. The SMILES string of the molecule is O=C(c1ccc(NC2CCS(=O)(=O)C2)nn1)N1CCCCCC1. The predicted molar refractivity (Wildman–Crippen MR) is 87.1 cm³/mol. The Balaban J connectivity index is 1.61. The first kappa shape index (κ1) is 16.2. The van der Waals surface area contributed by atoms with Gasteiger partial charge in [-0.15, -0.1) is 10.2 Å². The Kier molecular flexibility index (Phi) is 4.79. The molecule has 7 nitrogen and oxygen atoms in total. The van der Waals surface area contributed by atoms with Crippen molar-refractivity contribution < 1.29 is 13.2 Å². The fourth-order valence-electron chi connectivity index (χ4n) is 3.08. The number of likely N-dealkylation sites (tertiary alicyclic amines) is 1. The third-order valence-corrected chi connectivity index (χ3v) is 6.13. The van der Waals surface area contributed by atoms with Crippen molar-refractivity contribution in [2.45, 2.75) is 38.1 Å². The number of rotatable bonds is 3. The molecular formula is C15H22N4O3S. The summed E-state index contributed by atoms with van der Waals surface area (Å²) in [5.74, 6) is 0.779. The van der Waals surface area contributed by atoms with Gasteiger partial charge in [-0.2, -0.15) is 0 Å². The van der Waals surface area contributed by atoms with Crippen molar-refractivity contribution in [1.82, 2.24) is 15.1 Å². The Labute approximate surface area is 136 Å². The van der Waals surface area contributed by atoms with Crippen molar-refractivity contribution >= 4 is 21.6 Å². The van der Waals surface area contributed by atoms with E-state index < -0.39 is 9.84 Å². The van der Waals surface area contributed by atoms with Gasteiger partial charge in [0.1, 0.15) is 5.82 Å². The van der Waals surface area contributed by atoms with Crippen molar-refractivity contribution in [3.63, 3.8) is 0 Å². The topological polar surface area (TPSA) is 92.3 Å². The van der Waals surface area contributed by atoms with Crippen LogP contribution in [-0.2, 0) is 9.84 Å². The molecule has 1 atom stereocenters. The fourth-order valence-corrected chi connectivity index (χ4v) is 4.75. The Hall–Kier alpha value is -1.70. The van der Waals surface area contributed by atoms with E-state index in [-0.39, 0.29) is 23.5 Å². The summed E-state index contributed by atoms with van der Waals surface area (Å²) in [7, 11) is -2.93. The maximum atomic E-state index is 12.4. The zero-order valence-corrected chi connectivity index (χ0v) is 13.9. The number of hydrogen-bond acceptors (Lipinski definition) is 6. The van der Waals surface area contributed by atoms with E-state index in [1.165, 1.54) is 12.8 Å². The van der Waals surface area contributed by atoms with E-state index in [1.807, 2.05) is 4.90 Å². The number of aromatic nitrogens is 2. The molecule has 0 radical (unpaired) electrons. The first-order valence-corrected chi connectivity index (χ1v) is 9.96. The maximum Gasteiger partial charge on any atom is 0.274 e. The largest absolute Gasteiger partial charge is 0.365 e. The molecule has 1 unspecified atom stereocenters. The molecule has 8 heteroatoms. The second-order valence-corrected chi connectivity index (χ2v) is 8.48. The van der Waals surface area contributed by atoms with E-state index in [0.717, 1.165) is 25.9 Å². The second kappa shape index (κ2) is 6.82. The molecule has 2 saturated heterocycles. The summed E-state index contributed by atoms with van der Waals surface area (Å²) < 4.78 is 22.9. The van der Waals surface area contributed by atoms with Crippen LogP contribution in [0.5, 0.6) is 0 Å². The lowest BCUT2D eigenvalue weighted by molar-refractivity contribution is 0.0754. The summed E-state index contributed by atoms with van der Waals surface area (Å²) in [5.41, 5.74) is 0.344. The second-order valence-electron chi connectivity index (χ2n) is 6.25. The monoisotopic (exact) mass is 338 g/mol. The minimum atomic E-state index is -2.93. The molecule has 0 aromatic carbocycles. The average Bonchev–Trinajstić information content (AvgIpc) is 2.75. The summed E-state index contributed by atoms with van der Waals surface area (Å²) in [6.45, 7) is 1.56. The van der Waals surface area contributed by atoms with Crippen LogP contribution < -0.4 is 5.32 Å². The number of nitrogens with zero attached hydrogens (tertiary/aromatic N) is 3. The number of carbonyl (C=O) groups is 1. The summed E-state index contributed by atoms with van der Waals surface area (Å²) in [4.78, 5) is 14.3. The van der Waals surface area contributed by atoms with Gasteiger partial charge in [-0.1, -0.05) is 12.8 Å². The lowest BCUT2D eigenvalue weighted by Gasteiger charge is -2.19. The van der Waals surface area contributed by atoms with Crippen LogP contribution in [0.25, 0.3) is 0 Å². The van der Waals surface area contributed by atoms with Crippen molar-refractivity contribution in [1.29, 1.82) is 0 Å². The van der Waals surface area contributed by atoms with Gasteiger partial charge >= 0.3 is 0 Å². The van der Waals surface area contributed by atoms with Gasteiger partial charge in [-0.3, -0.25) is 4.79 Å². The summed E-state index contributed by atoms with van der Waals surface area (Å²) in [6, 6.07) is 3.23. The van der Waals surface area contributed by atoms with Crippen molar-refractivity contribution in [2.24, 2.45) is 0 Å². The van der Waals surface area contributed by atoms with Crippen molar-refractivity contribution in [3.05, 3.63) is 17.8 Å². The molecule has 2 aliphatic rings. The lowest BCUT2D eigenvalue weighted by atomic mass is 10.2. The van der Waals surface area contributed by atoms with Gasteiger partial charge in [0.2, 0.25) is 0 Å². The molecule has 0 spiro atoms. The van der Waals surface area contributed by atoms with Gasteiger partial charge in [0.05, 0.1) is 11.5 Å². The lowest BCUT2D eigenvalue weighted by Crippen LogP contribution is -2.32. The van der Waals surface area contributed by atoms with Crippen LogP contribution in [0.15, 0.2) is 12.1 Å².